The minimum atomic E-state index is -0.797. The van der Waals surface area contributed by atoms with Gasteiger partial charge in [0, 0.05) is 12.1 Å². The Kier molecular flexibility index (Phi) is 5.16. The third-order valence-electron chi connectivity index (χ3n) is 4.07. The van der Waals surface area contributed by atoms with Crippen molar-refractivity contribution in [2.75, 3.05) is 6.61 Å². The van der Waals surface area contributed by atoms with Gasteiger partial charge in [-0.2, -0.15) is 0 Å². The Morgan fingerprint density at radius 1 is 1.15 bits per heavy atom. The zero-order chi connectivity index (χ0) is 19.4. The summed E-state index contributed by atoms with van der Waals surface area (Å²) < 4.78 is 5.19. The van der Waals surface area contributed by atoms with E-state index in [1.165, 1.54) is 24.3 Å². The summed E-state index contributed by atoms with van der Waals surface area (Å²) in [6, 6.07) is 13.3. The van der Waals surface area contributed by atoms with Crippen LogP contribution in [0.25, 0.3) is 5.70 Å². The number of nitrogens with zero attached hydrogens (tertiary/aromatic N) is 1. The van der Waals surface area contributed by atoms with Gasteiger partial charge < -0.3 is 15.4 Å². The van der Waals surface area contributed by atoms with Gasteiger partial charge in [-0.05, 0) is 30.2 Å². The molecule has 1 aliphatic rings. The summed E-state index contributed by atoms with van der Waals surface area (Å²) in [6.07, 6.45) is 0. The van der Waals surface area contributed by atoms with Crippen molar-refractivity contribution in [3.63, 3.8) is 0 Å². The lowest BCUT2D eigenvalue weighted by atomic mass is 9.92. The van der Waals surface area contributed by atoms with E-state index < -0.39 is 23.0 Å². The van der Waals surface area contributed by atoms with Crippen LogP contribution in [0, 0.1) is 10.1 Å². The number of nitrogens with one attached hydrogen (secondary N) is 2. The zero-order valence-corrected chi connectivity index (χ0v) is 14.5. The Balaban J connectivity index is 2.13. The number of urea groups is 1. The van der Waals surface area contributed by atoms with Gasteiger partial charge in [0.15, 0.2) is 0 Å². The maximum Gasteiger partial charge on any atom is 0.338 e. The summed E-state index contributed by atoms with van der Waals surface area (Å²) >= 11 is 0. The van der Waals surface area contributed by atoms with Gasteiger partial charge in [-0.3, -0.25) is 10.1 Å². The normalized spacial score (nSPS) is 16.3. The molecular formula is C19H17N3O5. The first-order valence-corrected chi connectivity index (χ1v) is 8.29. The number of rotatable bonds is 5. The molecule has 0 saturated heterocycles. The fourth-order valence-corrected chi connectivity index (χ4v) is 2.86. The molecule has 1 heterocycles. The molecule has 2 aromatic rings. The SMILES string of the molecule is CCOC(=O)C1=C(c2ccccc2)NC(=O)NC1c1ccc([N+](=O)[O-])cc1. The van der Waals surface area contributed by atoms with Crippen molar-refractivity contribution >= 4 is 23.4 Å². The molecule has 3 rings (SSSR count). The van der Waals surface area contributed by atoms with Crippen LogP contribution >= 0.6 is 0 Å². The van der Waals surface area contributed by atoms with Gasteiger partial charge in [-0.25, -0.2) is 9.59 Å². The summed E-state index contributed by atoms with van der Waals surface area (Å²) in [5, 5.41) is 16.2. The molecule has 2 N–H and O–H groups in total. The molecule has 1 aliphatic heterocycles. The van der Waals surface area contributed by atoms with Gasteiger partial charge in [0.25, 0.3) is 5.69 Å². The number of hydrogen-bond donors (Lipinski definition) is 2. The molecule has 8 heteroatoms. The van der Waals surface area contributed by atoms with E-state index in [0.29, 0.717) is 16.8 Å². The smallest absolute Gasteiger partial charge is 0.338 e. The van der Waals surface area contributed by atoms with Gasteiger partial charge in [-0.1, -0.05) is 30.3 Å². The first-order chi connectivity index (χ1) is 13.0. The molecular weight excluding hydrogens is 350 g/mol. The molecule has 2 aromatic carbocycles. The number of ether oxygens (including phenoxy) is 1. The highest BCUT2D eigenvalue weighted by Crippen LogP contribution is 2.32. The fourth-order valence-electron chi connectivity index (χ4n) is 2.86. The van der Waals surface area contributed by atoms with Crippen molar-refractivity contribution in [3.05, 3.63) is 81.4 Å². The number of nitro benzene ring substituents is 1. The lowest BCUT2D eigenvalue weighted by Gasteiger charge is -2.29. The minimum absolute atomic E-state index is 0.0797. The monoisotopic (exact) mass is 367 g/mol. The average Bonchev–Trinajstić information content (AvgIpc) is 2.68. The first-order valence-electron chi connectivity index (χ1n) is 8.29. The van der Waals surface area contributed by atoms with Crippen LogP contribution in [0.4, 0.5) is 10.5 Å². The van der Waals surface area contributed by atoms with Crippen LogP contribution in [0.1, 0.15) is 24.1 Å². The van der Waals surface area contributed by atoms with Gasteiger partial charge in [-0.15, -0.1) is 0 Å². The predicted molar refractivity (Wildman–Crippen MR) is 97.5 cm³/mol. The molecule has 1 atom stereocenters. The zero-order valence-electron chi connectivity index (χ0n) is 14.5. The Morgan fingerprint density at radius 3 is 2.41 bits per heavy atom. The third-order valence-corrected chi connectivity index (χ3v) is 4.07. The van der Waals surface area contributed by atoms with Gasteiger partial charge >= 0.3 is 12.0 Å². The molecule has 0 aromatic heterocycles. The van der Waals surface area contributed by atoms with E-state index in [9.17, 15) is 19.7 Å². The molecule has 0 fully saturated rings. The number of nitro groups is 1. The quantitative estimate of drug-likeness (QED) is 0.480. The van der Waals surface area contributed by atoms with Crippen LogP contribution in [0.5, 0.6) is 0 Å². The minimum Gasteiger partial charge on any atom is -0.463 e. The number of hydrogen-bond acceptors (Lipinski definition) is 5. The fraction of sp³-hybridized carbons (Fsp3) is 0.158. The molecule has 138 valence electrons. The second kappa shape index (κ2) is 7.69. The van der Waals surface area contributed by atoms with Crippen molar-refractivity contribution in [3.8, 4) is 0 Å². The molecule has 8 nitrogen and oxygen atoms in total. The van der Waals surface area contributed by atoms with E-state index in [1.807, 2.05) is 6.07 Å². The highest BCUT2D eigenvalue weighted by Gasteiger charge is 2.34. The third kappa shape index (κ3) is 3.79. The Bertz CT molecular complexity index is 907. The van der Waals surface area contributed by atoms with E-state index in [4.69, 9.17) is 4.74 Å². The summed E-state index contributed by atoms with van der Waals surface area (Å²) in [7, 11) is 0. The summed E-state index contributed by atoms with van der Waals surface area (Å²) in [4.78, 5) is 35.2. The number of amides is 2. The van der Waals surface area contributed by atoms with Crippen LogP contribution in [0.3, 0.4) is 0 Å². The topological polar surface area (TPSA) is 111 Å². The molecule has 0 radical (unpaired) electrons. The van der Waals surface area contributed by atoms with Gasteiger partial charge in [0.2, 0.25) is 0 Å². The van der Waals surface area contributed by atoms with Crippen LogP contribution in [0.15, 0.2) is 60.2 Å². The Hall–Kier alpha value is -3.68. The number of benzene rings is 2. The molecule has 27 heavy (non-hydrogen) atoms. The van der Waals surface area contributed by atoms with E-state index in [-0.39, 0.29) is 17.9 Å². The van der Waals surface area contributed by atoms with Crippen molar-refractivity contribution in [2.24, 2.45) is 0 Å². The van der Waals surface area contributed by atoms with Crippen LogP contribution < -0.4 is 10.6 Å². The Labute approximate surface area is 155 Å². The first kappa shape index (κ1) is 18.1. The standard InChI is InChI=1S/C19H17N3O5/c1-2-27-18(23)15-16(12-6-4-3-5-7-12)20-19(24)21-17(15)13-8-10-14(11-9-13)22(25)26/h3-11,17H,2H2,1H3,(H2,20,21,24). The summed E-state index contributed by atoms with van der Waals surface area (Å²) in [5.74, 6) is -0.577. The lowest BCUT2D eigenvalue weighted by molar-refractivity contribution is -0.384. The number of esters is 1. The van der Waals surface area contributed by atoms with Crippen molar-refractivity contribution in [1.29, 1.82) is 0 Å². The van der Waals surface area contributed by atoms with E-state index in [2.05, 4.69) is 10.6 Å². The Morgan fingerprint density at radius 2 is 1.81 bits per heavy atom. The molecule has 0 spiro atoms. The molecule has 0 bridgehead atoms. The summed E-state index contributed by atoms with van der Waals surface area (Å²) in [6.45, 7) is 1.86. The predicted octanol–water partition coefficient (Wildman–Crippen LogP) is 2.92. The second-order valence-electron chi connectivity index (χ2n) is 5.76. The number of carbonyl (C=O) groups is 2. The van der Waals surface area contributed by atoms with Crippen molar-refractivity contribution in [2.45, 2.75) is 13.0 Å². The highest BCUT2D eigenvalue weighted by atomic mass is 16.6. The number of non-ortho nitro benzene ring substituents is 1. The van der Waals surface area contributed by atoms with Crippen LogP contribution in [0.2, 0.25) is 0 Å². The highest BCUT2D eigenvalue weighted by molar-refractivity contribution is 6.04. The van der Waals surface area contributed by atoms with E-state index in [1.54, 1.807) is 31.2 Å². The van der Waals surface area contributed by atoms with Gasteiger partial charge in [0.05, 0.1) is 28.8 Å². The van der Waals surface area contributed by atoms with Crippen LogP contribution in [-0.2, 0) is 9.53 Å². The van der Waals surface area contributed by atoms with Crippen molar-refractivity contribution in [1.82, 2.24) is 10.6 Å². The van der Waals surface area contributed by atoms with E-state index >= 15 is 0 Å². The summed E-state index contributed by atoms with van der Waals surface area (Å²) in [5.41, 5.74) is 1.69. The molecule has 0 saturated carbocycles. The molecule has 0 aliphatic carbocycles. The average molecular weight is 367 g/mol. The largest absolute Gasteiger partial charge is 0.463 e. The second-order valence-corrected chi connectivity index (χ2v) is 5.76. The van der Waals surface area contributed by atoms with Gasteiger partial charge in [0.1, 0.15) is 0 Å². The maximum absolute atomic E-state index is 12.7. The van der Waals surface area contributed by atoms with E-state index in [0.717, 1.165) is 0 Å². The number of carbonyl (C=O) groups excluding carboxylic acids is 2. The molecule has 2 amide bonds. The van der Waals surface area contributed by atoms with Crippen molar-refractivity contribution < 1.29 is 19.2 Å². The molecule has 1 unspecified atom stereocenters. The lowest BCUT2D eigenvalue weighted by Crippen LogP contribution is -2.45. The van der Waals surface area contributed by atoms with Crippen LogP contribution in [-0.4, -0.2) is 23.5 Å². The maximum atomic E-state index is 12.7.